The summed E-state index contributed by atoms with van der Waals surface area (Å²) in [4.78, 5) is 26.6. The average molecular weight is 434 g/mol. The van der Waals surface area contributed by atoms with Gasteiger partial charge in [0.05, 0.1) is 26.0 Å². The Morgan fingerprint density at radius 2 is 1.92 bits per heavy atom. The number of aromatic amines is 1. The number of thioether (sulfide) groups is 1. The van der Waals surface area contributed by atoms with E-state index in [-0.39, 0.29) is 33.0 Å². The summed E-state index contributed by atoms with van der Waals surface area (Å²) in [5.41, 5.74) is 0.267. The van der Waals surface area contributed by atoms with E-state index in [1.807, 2.05) is 0 Å². The fraction of sp³-hybridized carbons (Fsp3) is 0.214. The Hall–Kier alpha value is -1.81. The Labute approximate surface area is 166 Å². The molecule has 2 heterocycles. The molecule has 0 radical (unpaired) electrons. The van der Waals surface area contributed by atoms with Crippen molar-refractivity contribution >= 4 is 63.9 Å². The van der Waals surface area contributed by atoms with Crippen LogP contribution in [0.1, 0.15) is 12.6 Å². The van der Waals surface area contributed by atoms with E-state index in [9.17, 15) is 9.59 Å². The summed E-state index contributed by atoms with van der Waals surface area (Å²) < 4.78 is 1.37. The molecule has 0 bridgehead atoms. The van der Waals surface area contributed by atoms with E-state index < -0.39 is 5.25 Å². The van der Waals surface area contributed by atoms with Crippen molar-refractivity contribution in [3.8, 4) is 0 Å². The van der Waals surface area contributed by atoms with E-state index in [2.05, 4.69) is 25.6 Å². The van der Waals surface area contributed by atoms with Gasteiger partial charge in [-0.05, 0) is 26.0 Å². The molecule has 1 unspecified atom stereocenters. The second-order valence-corrected chi connectivity index (χ2v) is 7.78. The highest BCUT2D eigenvalue weighted by Crippen LogP contribution is 2.33. The predicted octanol–water partition coefficient (Wildman–Crippen LogP) is 3.20. The second-order valence-electron chi connectivity index (χ2n) is 5.25. The minimum Gasteiger partial charge on any atom is -0.324 e. The minimum absolute atomic E-state index is 0.197. The summed E-state index contributed by atoms with van der Waals surface area (Å²) in [6, 6.07) is 2.93. The normalized spacial score (nSPS) is 12.3. The highest BCUT2D eigenvalue weighted by molar-refractivity contribution is 8.00. The molecule has 1 amide bonds. The molecule has 12 heteroatoms. The lowest BCUT2D eigenvalue weighted by Gasteiger charge is -2.12. The van der Waals surface area contributed by atoms with Crippen molar-refractivity contribution < 1.29 is 4.79 Å². The first-order valence-electron chi connectivity index (χ1n) is 7.20. The average Bonchev–Trinajstić information content (AvgIpc) is 2.94. The maximum absolute atomic E-state index is 12.4. The van der Waals surface area contributed by atoms with Crippen LogP contribution in [0.5, 0.6) is 0 Å². The van der Waals surface area contributed by atoms with Crippen LogP contribution in [0.3, 0.4) is 0 Å². The van der Waals surface area contributed by atoms with Crippen LogP contribution < -0.4 is 10.9 Å². The molecular weight excluding hydrogens is 423 g/mol. The Balaban J connectivity index is 1.79. The zero-order chi connectivity index (χ0) is 19.0. The van der Waals surface area contributed by atoms with Crippen LogP contribution >= 0.6 is 46.6 Å². The van der Waals surface area contributed by atoms with E-state index in [0.717, 1.165) is 11.8 Å². The van der Waals surface area contributed by atoms with Gasteiger partial charge < -0.3 is 5.32 Å². The number of hydrogen-bond donors (Lipinski definition) is 2. The van der Waals surface area contributed by atoms with Gasteiger partial charge in [0.15, 0.2) is 0 Å². The third-order valence-corrected chi connectivity index (χ3v) is 5.40. The third kappa shape index (κ3) is 3.80. The Bertz CT molecular complexity index is 1070. The van der Waals surface area contributed by atoms with E-state index in [4.69, 9.17) is 34.8 Å². The number of anilines is 1. The number of aryl methyl sites for hydroxylation is 1. The summed E-state index contributed by atoms with van der Waals surface area (Å²) in [5.74, 6) is -0.128. The first-order chi connectivity index (χ1) is 12.3. The van der Waals surface area contributed by atoms with Gasteiger partial charge in [0.1, 0.15) is 5.69 Å². The lowest BCUT2D eigenvalue weighted by molar-refractivity contribution is -0.115. The molecule has 0 fully saturated rings. The summed E-state index contributed by atoms with van der Waals surface area (Å²) in [5, 5.41) is 15.2. The number of rotatable bonds is 4. The number of benzene rings is 1. The van der Waals surface area contributed by atoms with Crippen molar-refractivity contribution in [1.29, 1.82) is 0 Å². The smallest absolute Gasteiger partial charge is 0.273 e. The first-order valence-corrected chi connectivity index (χ1v) is 9.22. The minimum atomic E-state index is -0.554. The zero-order valence-corrected chi connectivity index (χ0v) is 16.5. The van der Waals surface area contributed by atoms with Crippen LogP contribution in [0, 0.1) is 6.92 Å². The molecule has 0 saturated carbocycles. The van der Waals surface area contributed by atoms with E-state index in [1.54, 1.807) is 13.8 Å². The fourth-order valence-electron chi connectivity index (χ4n) is 1.96. The quantitative estimate of drug-likeness (QED) is 0.483. The van der Waals surface area contributed by atoms with Crippen LogP contribution in [0.4, 0.5) is 5.69 Å². The van der Waals surface area contributed by atoms with Crippen LogP contribution in [0.25, 0.3) is 5.78 Å². The van der Waals surface area contributed by atoms with E-state index in [0.29, 0.717) is 15.9 Å². The molecule has 3 rings (SSSR count). The van der Waals surface area contributed by atoms with Gasteiger partial charge in [-0.15, -0.1) is 10.2 Å². The summed E-state index contributed by atoms with van der Waals surface area (Å²) in [6.45, 7) is 3.25. The summed E-state index contributed by atoms with van der Waals surface area (Å²) in [7, 11) is 0. The molecular formula is C14H11Cl3N6O2S. The van der Waals surface area contributed by atoms with Crippen molar-refractivity contribution in [3.05, 3.63) is 43.2 Å². The van der Waals surface area contributed by atoms with Crippen LogP contribution in [0.2, 0.25) is 15.1 Å². The number of fused-ring (bicyclic) bond motifs is 1. The van der Waals surface area contributed by atoms with Crippen molar-refractivity contribution in [2.24, 2.45) is 0 Å². The summed E-state index contributed by atoms with van der Waals surface area (Å²) in [6.07, 6.45) is 0. The molecule has 0 saturated heterocycles. The lowest BCUT2D eigenvalue weighted by Crippen LogP contribution is -2.23. The van der Waals surface area contributed by atoms with Gasteiger partial charge in [-0.3, -0.25) is 14.6 Å². The second kappa shape index (κ2) is 7.43. The molecule has 3 aromatic rings. The third-order valence-electron chi connectivity index (χ3n) is 3.34. The van der Waals surface area contributed by atoms with Crippen molar-refractivity contribution in [3.63, 3.8) is 0 Å². The highest BCUT2D eigenvalue weighted by atomic mass is 35.5. The van der Waals surface area contributed by atoms with Crippen LogP contribution in [-0.4, -0.2) is 36.0 Å². The number of nitrogens with one attached hydrogen (secondary N) is 2. The number of carbonyl (C=O) groups excluding carboxylic acids is 1. The van der Waals surface area contributed by atoms with Crippen LogP contribution in [0.15, 0.2) is 22.1 Å². The van der Waals surface area contributed by atoms with E-state index >= 15 is 0 Å². The molecule has 0 aliphatic rings. The lowest BCUT2D eigenvalue weighted by atomic mass is 10.3. The van der Waals surface area contributed by atoms with Crippen molar-refractivity contribution in [2.45, 2.75) is 24.3 Å². The van der Waals surface area contributed by atoms with Gasteiger partial charge in [-0.1, -0.05) is 46.6 Å². The van der Waals surface area contributed by atoms with Gasteiger partial charge in [0.25, 0.3) is 11.3 Å². The molecule has 0 aliphatic carbocycles. The van der Waals surface area contributed by atoms with Gasteiger partial charge in [-0.25, -0.2) is 0 Å². The maximum atomic E-state index is 12.4. The van der Waals surface area contributed by atoms with Crippen LogP contribution in [-0.2, 0) is 4.79 Å². The van der Waals surface area contributed by atoms with Gasteiger partial charge in [0.2, 0.25) is 11.1 Å². The number of hydrogen-bond acceptors (Lipinski definition) is 6. The van der Waals surface area contributed by atoms with Gasteiger partial charge in [-0.2, -0.15) is 9.61 Å². The molecule has 1 atom stereocenters. The Morgan fingerprint density at radius 3 is 2.65 bits per heavy atom. The molecule has 2 aromatic heterocycles. The Morgan fingerprint density at radius 1 is 1.23 bits per heavy atom. The van der Waals surface area contributed by atoms with E-state index in [1.165, 1.54) is 16.6 Å². The molecule has 8 nitrogen and oxygen atoms in total. The topological polar surface area (TPSA) is 105 Å². The molecule has 26 heavy (non-hydrogen) atoms. The van der Waals surface area contributed by atoms with Gasteiger partial charge >= 0.3 is 0 Å². The van der Waals surface area contributed by atoms with Crippen molar-refractivity contribution in [1.82, 2.24) is 24.8 Å². The maximum Gasteiger partial charge on any atom is 0.273 e. The monoisotopic (exact) mass is 432 g/mol. The molecule has 0 spiro atoms. The number of carbonyl (C=O) groups is 1. The fourth-order valence-corrected chi connectivity index (χ4v) is 3.35. The predicted molar refractivity (Wildman–Crippen MR) is 102 cm³/mol. The SMILES string of the molecule is Cc1nn2c(SC(C)C(=O)Nc3cc(Cl)c(Cl)cc3Cl)nnc2[nH]c1=O. The number of H-pyrrole nitrogens is 1. The zero-order valence-electron chi connectivity index (χ0n) is 13.4. The van der Waals surface area contributed by atoms with Crippen molar-refractivity contribution in [2.75, 3.05) is 5.32 Å². The molecule has 2 N–H and O–H groups in total. The standard InChI is InChI=1S/C14H11Cl3N6O2S/c1-5-11(24)19-13-20-21-14(23(13)22-5)26-6(2)12(25)18-10-4-8(16)7(15)3-9(10)17/h3-4,6H,1-2H3,(H,18,25)(H,19,20,24). The summed E-state index contributed by atoms with van der Waals surface area (Å²) >= 11 is 19.0. The number of amides is 1. The number of nitrogens with zero attached hydrogens (tertiary/aromatic N) is 4. The molecule has 136 valence electrons. The molecule has 0 aliphatic heterocycles. The highest BCUT2D eigenvalue weighted by Gasteiger charge is 2.20. The number of aromatic nitrogens is 5. The van der Waals surface area contributed by atoms with Gasteiger partial charge in [0, 0.05) is 0 Å². The first kappa shape index (κ1) is 19.0. The molecule has 1 aromatic carbocycles. The Kier molecular flexibility index (Phi) is 5.42. The largest absolute Gasteiger partial charge is 0.324 e. The number of halogens is 3.